The van der Waals surface area contributed by atoms with Crippen LogP contribution in [0.5, 0.6) is 5.75 Å². The minimum atomic E-state index is 0.258. The lowest BCUT2D eigenvalue weighted by molar-refractivity contribution is 0.482. The van der Waals surface area contributed by atoms with Crippen LogP contribution >= 0.6 is 15.9 Å². The summed E-state index contributed by atoms with van der Waals surface area (Å²) >= 11 is 3.45. The van der Waals surface area contributed by atoms with Gasteiger partial charge in [-0.15, -0.1) is 0 Å². The van der Waals surface area contributed by atoms with Gasteiger partial charge in [-0.3, -0.25) is 4.98 Å². The van der Waals surface area contributed by atoms with Crippen molar-refractivity contribution in [3.63, 3.8) is 0 Å². The van der Waals surface area contributed by atoms with E-state index < -0.39 is 0 Å². The topological polar surface area (TPSA) is 33.1 Å². The average molecular weight is 350 g/mol. The van der Waals surface area contributed by atoms with Crippen LogP contribution in [0.25, 0.3) is 32.8 Å². The van der Waals surface area contributed by atoms with Gasteiger partial charge in [-0.2, -0.15) is 0 Å². The lowest BCUT2D eigenvalue weighted by Crippen LogP contribution is -1.85. The van der Waals surface area contributed by atoms with E-state index in [4.69, 9.17) is 0 Å². The number of benzene rings is 3. The van der Waals surface area contributed by atoms with Gasteiger partial charge in [0.05, 0.1) is 5.52 Å². The molecule has 0 atom stereocenters. The summed E-state index contributed by atoms with van der Waals surface area (Å²) in [4.78, 5) is 4.42. The monoisotopic (exact) mass is 349 g/mol. The molecular formula is C19H12BrNO. The Bertz CT molecular complexity index is 993. The molecule has 22 heavy (non-hydrogen) atoms. The SMILES string of the molecule is Oc1cc(-c2ccc(Br)cc2)cc2c1cnc1ccccc12. The molecule has 0 radical (unpaired) electrons. The van der Waals surface area contributed by atoms with Crippen molar-refractivity contribution in [2.45, 2.75) is 0 Å². The molecule has 1 heterocycles. The number of hydrogen-bond donors (Lipinski definition) is 1. The van der Waals surface area contributed by atoms with E-state index >= 15 is 0 Å². The number of para-hydroxylation sites is 1. The Morgan fingerprint density at radius 3 is 2.36 bits per heavy atom. The largest absolute Gasteiger partial charge is 0.507 e. The summed E-state index contributed by atoms with van der Waals surface area (Å²) < 4.78 is 1.04. The van der Waals surface area contributed by atoms with Crippen molar-refractivity contribution in [1.29, 1.82) is 0 Å². The first kappa shape index (κ1) is 13.3. The molecule has 0 aliphatic rings. The van der Waals surface area contributed by atoms with Gasteiger partial charge < -0.3 is 5.11 Å². The highest BCUT2D eigenvalue weighted by Crippen LogP contribution is 2.35. The zero-order chi connectivity index (χ0) is 15.1. The summed E-state index contributed by atoms with van der Waals surface area (Å²) in [5, 5.41) is 13.2. The smallest absolute Gasteiger partial charge is 0.125 e. The van der Waals surface area contributed by atoms with Crippen LogP contribution in [-0.2, 0) is 0 Å². The Labute approximate surface area is 136 Å². The fourth-order valence-electron chi connectivity index (χ4n) is 2.75. The van der Waals surface area contributed by atoms with E-state index in [1.807, 2.05) is 48.5 Å². The summed E-state index contributed by atoms with van der Waals surface area (Å²) in [6.07, 6.45) is 1.73. The van der Waals surface area contributed by atoms with Crippen molar-refractivity contribution >= 4 is 37.6 Å². The molecule has 0 fully saturated rings. The molecule has 0 aliphatic heterocycles. The second-order valence-corrected chi connectivity index (χ2v) is 6.15. The van der Waals surface area contributed by atoms with Crippen molar-refractivity contribution in [2.75, 3.05) is 0 Å². The first-order valence-corrected chi connectivity index (χ1v) is 7.78. The van der Waals surface area contributed by atoms with Gasteiger partial charge >= 0.3 is 0 Å². The maximum absolute atomic E-state index is 10.4. The number of phenols is 1. The zero-order valence-corrected chi connectivity index (χ0v) is 13.2. The fraction of sp³-hybridized carbons (Fsp3) is 0. The van der Waals surface area contributed by atoms with E-state index in [2.05, 4.69) is 27.0 Å². The highest BCUT2D eigenvalue weighted by molar-refractivity contribution is 9.10. The zero-order valence-electron chi connectivity index (χ0n) is 11.6. The molecule has 2 nitrogen and oxygen atoms in total. The predicted molar refractivity (Wildman–Crippen MR) is 94.0 cm³/mol. The van der Waals surface area contributed by atoms with Gasteiger partial charge in [0.1, 0.15) is 5.75 Å². The molecule has 4 rings (SSSR count). The third-order valence-corrected chi connectivity index (χ3v) is 4.39. The predicted octanol–water partition coefficient (Wildman–Crippen LogP) is 5.52. The molecule has 3 heteroatoms. The number of fused-ring (bicyclic) bond motifs is 3. The van der Waals surface area contributed by atoms with Crippen molar-refractivity contribution in [3.05, 3.63) is 71.3 Å². The van der Waals surface area contributed by atoms with E-state index in [-0.39, 0.29) is 5.75 Å². The Kier molecular flexibility index (Phi) is 3.09. The molecule has 3 aromatic carbocycles. The summed E-state index contributed by atoms with van der Waals surface area (Å²) in [6.45, 7) is 0. The van der Waals surface area contributed by atoms with Crippen LogP contribution in [0, 0.1) is 0 Å². The van der Waals surface area contributed by atoms with Gasteiger partial charge in [-0.1, -0.05) is 46.3 Å². The van der Waals surface area contributed by atoms with Crippen molar-refractivity contribution < 1.29 is 5.11 Å². The normalized spacial score (nSPS) is 11.1. The van der Waals surface area contributed by atoms with E-state index in [0.29, 0.717) is 0 Å². The second kappa shape index (κ2) is 5.11. The number of aromatic nitrogens is 1. The van der Waals surface area contributed by atoms with Crippen LogP contribution in [0.2, 0.25) is 0 Å². The Balaban J connectivity index is 2.05. The Morgan fingerprint density at radius 1 is 0.773 bits per heavy atom. The number of halogens is 1. The number of pyridine rings is 1. The minimum absolute atomic E-state index is 0.258. The fourth-order valence-corrected chi connectivity index (χ4v) is 3.02. The van der Waals surface area contributed by atoms with Gasteiger partial charge in [-0.05, 0) is 46.8 Å². The molecule has 0 bridgehead atoms. The minimum Gasteiger partial charge on any atom is -0.507 e. The van der Waals surface area contributed by atoms with E-state index in [0.717, 1.165) is 37.3 Å². The van der Waals surface area contributed by atoms with Crippen LogP contribution in [0.4, 0.5) is 0 Å². The average Bonchev–Trinajstić information content (AvgIpc) is 2.55. The lowest BCUT2D eigenvalue weighted by Gasteiger charge is -2.09. The van der Waals surface area contributed by atoms with Crippen LogP contribution < -0.4 is 0 Å². The van der Waals surface area contributed by atoms with Gasteiger partial charge in [0, 0.05) is 21.4 Å². The lowest BCUT2D eigenvalue weighted by atomic mass is 9.99. The highest BCUT2D eigenvalue weighted by atomic mass is 79.9. The van der Waals surface area contributed by atoms with Crippen molar-refractivity contribution in [3.8, 4) is 16.9 Å². The number of phenolic OH excluding ortho intramolecular Hbond substituents is 1. The number of aromatic hydroxyl groups is 1. The molecule has 0 saturated carbocycles. The van der Waals surface area contributed by atoms with Crippen LogP contribution in [0.15, 0.2) is 71.3 Å². The molecule has 0 amide bonds. The Hall–Kier alpha value is -2.39. The first-order valence-electron chi connectivity index (χ1n) is 6.99. The first-order chi connectivity index (χ1) is 10.7. The summed E-state index contributed by atoms with van der Waals surface area (Å²) in [6, 6.07) is 20.0. The van der Waals surface area contributed by atoms with Gasteiger partial charge in [0.2, 0.25) is 0 Å². The quantitative estimate of drug-likeness (QED) is 0.458. The summed E-state index contributed by atoms with van der Waals surface area (Å²) in [5.41, 5.74) is 3.00. The molecular weight excluding hydrogens is 338 g/mol. The molecule has 0 aliphatic carbocycles. The number of rotatable bonds is 1. The third-order valence-electron chi connectivity index (χ3n) is 3.86. The standard InChI is InChI=1S/C19H12BrNO/c20-14-7-5-12(6-8-14)13-9-16-15-3-1-2-4-18(15)21-11-17(16)19(22)10-13/h1-11,22H. The summed E-state index contributed by atoms with van der Waals surface area (Å²) in [7, 11) is 0. The van der Waals surface area contributed by atoms with E-state index in [1.165, 1.54) is 0 Å². The van der Waals surface area contributed by atoms with E-state index in [9.17, 15) is 5.11 Å². The molecule has 1 N–H and O–H groups in total. The second-order valence-electron chi connectivity index (χ2n) is 5.24. The number of nitrogens with zero attached hydrogens (tertiary/aromatic N) is 1. The van der Waals surface area contributed by atoms with Crippen LogP contribution in [0.1, 0.15) is 0 Å². The van der Waals surface area contributed by atoms with Crippen molar-refractivity contribution in [1.82, 2.24) is 4.98 Å². The Morgan fingerprint density at radius 2 is 1.55 bits per heavy atom. The van der Waals surface area contributed by atoms with E-state index in [1.54, 1.807) is 12.3 Å². The van der Waals surface area contributed by atoms with Gasteiger partial charge in [-0.25, -0.2) is 0 Å². The number of hydrogen-bond acceptors (Lipinski definition) is 2. The highest BCUT2D eigenvalue weighted by Gasteiger charge is 2.08. The molecule has 0 spiro atoms. The molecule has 1 aromatic heterocycles. The third kappa shape index (κ3) is 2.14. The maximum atomic E-state index is 10.4. The van der Waals surface area contributed by atoms with Crippen LogP contribution in [0.3, 0.4) is 0 Å². The molecule has 0 saturated heterocycles. The summed E-state index contributed by atoms with van der Waals surface area (Å²) in [5.74, 6) is 0.258. The van der Waals surface area contributed by atoms with Gasteiger partial charge in [0.15, 0.2) is 0 Å². The van der Waals surface area contributed by atoms with Crippen molar-refractivity contribution in [2.24, 2.45) is 0 Å². The molecule has 0 unspecified atom stereocenters. The van der Waals surface area contributed by atoms with Gasteiger partial charge in [0.25, 0.3) is 0 Å². The molecule has 106 valence electrons. The van der Waals surface area contributed by atoms with Crippen LogP contribution in [-0.4, -0.2) is 10.1 Å². The maximum Gasteiger partial charge on any atom is 0.125 e. The molecule has 4 aromatic rings.